The molecule has 0 bridgehead atoms. The summed E-state index contributed by atoms with van der Waals surface area (Å²) in [5, 5.41) is 6.63. The van der Waals surface area contributed by atoms with Crippen molar-refractivity contribution in [3.63, 3.8) is 0 Å². The minimum Gasteiger partial charge on any atom is -0.497 e. The number of nitrogens with one attached hydrogen (secondary N) is 2. The Kier molecular flexibility index (Phi) is 10.6. The van der Waals surface area contributed by atoms with Crippen molar-refractivity contribution in [3.05, 3.63) is 95.3 Å². The fourth-order valence-corrected chi connectivity index (χ4v) is 5.73. The third-order valence-corrected chi connectivity index (χ3v) is 8.21. The maximum absolute atomic E-state index is 14.5. The summed E-state index contributed by atoms with van der Waals surface area (Å²) >= 11 is 0. The van der Waals surface area contributed by atoms with Crippen molar-refractivity contribution in [3.8, 4) is 23.0 Å². The first-order chi connectivity index (χ1) is 22.3. The Morgan fingerprint density at radius 2 is 1.96 bits per heavy atom. The number of rotatable bonds is 14. The van der Waals surface area contributed by atoms with Gasteiger partial charge in [-0.1, -0.05) is 12.6 Å². The normalized spacial score (nSPS) is 17.9. The van der Waals surface area contributed by atoms with Gasteiger partial charge in [0.05, 0.1) is 44.9 Å². The molecule has 0 spiro atoms. The SMILES string of the molecule is C=C(Nc1cccc(F)c1OC)C1=C(NCc2ccncc2OC[C@@H]2CCCO2)CC(C)N(Cc2ccc(OC)cc2OC)C1=O. The number of aromatic nitrogens is 1. The molecule has 0 saturated carbocycles. The molecule has 3 aromatic rings. The molecular formula is C35H41FN4O6. The van der Waals surface area contributed by atoms with Crippen molar-refractivity contribution in [1.29, 1.82) is 0 Å². The van der Waals surface area contributed by atoms with E-state index in [1.165, 1.54) is 13.2 Å². The Morgan fingerprint density at radius 3 is 2.70 bits per heavy atom. The molecule has 1 aromatic heterocycles. The highest BCUT2D eigenvalue weighted by Crippen LogP contribution is 2.35. The lowest BCUT2D eigenvalue weighted by atomic mass is 9.95. The number of hydrogen-bond acceptors (Lipinski definition) is 9. The number of para-hydroxylation sites is 1. The second-order valence-electron chi connectivity index (χ2n) is 11.2. The minimum absolute atomic E-state index is 0.0278. The summed E-state index contributed by atoms with van der Waals surface area (Å²) in [6, 6.07) is 11.8. The Hall–Kier alpha value is -4.77. The lowest BCUT2D eigenvalue weighted by molar-refractivity contribution is -0.130. The van der Waals surface area contributed by atoms with Crippen LogP contribution in [0.3, 0.4) is 0 Å². The number of pyridine rings is 1. The van der Waals surface area contributed by atoms with Gasteiger partial charge in [-0.05, 0) is 50.1 Å². The average Bonchev–Trinajstić information content (AvgIpc) is 3.59. The number of nitrogens with zero attached hydrogens (tertiary/aromatic N) is 2. The molecule has 0 aliphatic carbocycles. The number of ether oxygens (including phenoxy) is 5. The molecule has 1 amide bonds. The van der Waals surface area contributed by atoms with E-state index in [0.717, 1.165) is 30.6 Å². The molecule has 10 nitrogen and oxygen atoms in total. The van der Waals surface area contributed by atoms with Crippen LogP contribution in [-0.4, -0.2) is 62.5 Å². The van der Waals surface area contributed by atoms with Crippen LogP contribution >= 0.6 is 0 Å². The smallest absolute Gasteiger partial charge is 0.258 e. The largest absolute Gasteiger partial charge is 0.497 e. The maximum atomic E-state index is 14.5. The van der Waals surface area contributed by atoms with Crippen molar-refractivity contribution < 1.29 is 32.9 Å². The fourth-order valence-electron chi connectivity index (χ4n) is 5.73. The van der Waals surface area contributed by atoms with Gasteiger partial charge in [0.1, 0.15) is 23.9 Å². The third-order valence-electron chi connectivity index (χ3n) is 8.21. The average molecular weight is 633 g/mol. The predicted octanol–water partition coefficient (Wildman–Crippen LogP) is 5.59. The molecule has 3 heterocycles. The molecule has 0 radical (unpaired) electrons. The first-order valence-corrected chi connectivity index (χ1v) is 15.3. The van der Waals surface area contributed by atoms with Gasteiger partial charge in [-0.3, -0.25) is 9.78 Å². The van der Waals surface area contributed by atoms with Crippen molar-refractivity contribution in [2.24, 2.45) is 0 Å². The minimum atomic E-state index is -0.530. The summed E-state index contributed by atoms with van der Waals surface area (Å²) in [6.07, 6.45) is 5.97. The van der Waals surface area contributed by atoms with Crippen LogP contribution in [0.25, 0.3) is 0 Å². The summed E-state index contributed by atoms with van der Waals surface area (Å²) in [6.45, 7) is 8.10. The molecule has 2 aliphatic rings. The molecular weight excluding hydrogens is 591 g/mol. The fraction of sp³-hybridized carbons (Fsp3) is 0.371. The summed E-state index contributed by atoms with van der Waals surface area (Å²) in [5.74, 6) is 1.18. The van der Waals surface area contributed by atoms with Crippen LogP contribution in [-0.2, 0) is 22.6 Å². The first kappa shape index (κ1) is 32.6. The third kappa shape index (κ3) is 7.37. The number of anilines is 1. The molecule has 5 rings (SSSR count). The molecule has 1 saturated heterocycles. The topological polar surface area (TPSA) is 103 Å². The number of carbonyl (C=O) groups is 1. The van der Waals surface area contributed by atoms with Gasteiger partial charge >= 0.3 is 0 Å². The molecule has 2 aliphatic heterocycles. The van der Waals surface area contributed by atoms with Gasteiger partial charge in [0.2, 0.25) is 0 Å². The zero-order valence-corrected chi connectivity index (χ0v) is 26.7. The Balaban J connectivity index is 1.44. The summed E-state index contributed by atoms with van der Waals surface area (Å²) in [5.41, 5.74) is 3.43. The number of amides is 1. The summed E-state index contributed by atoms with van der Waals surface area (Å²) in [7, 11) is 4.57. The van der Waals surface area contributed by atoms with E-state index in [1.54, 1.807) is 49.7 Å². The van der Waals surface area contributed by atoms with Crippen LogP contribution in [0.4, 0.5) is 10.1 Å². The number of halogens is 1. The molecule has 2 atom stereocenters. The monoisotopic (exact) mass is 632 g/mol. The summed E-state index contributed by atoms with van der Waals surface area (Å²) < 4.78 is 42.6. The molecule has 46 heavy (non-hydrogen) atoms. The Morgan fingerprint density at radius 1 is 1.11 bits per heavy atom. The van der Waals surface area contributed by atoms with E-state index in [0.29, 0.717) is 66.0 Å². The zero-order chi connectivity index (χ0) is 32.6. The van der Waals surface area contributed by atoms with Crippen LogP contribution < -0.4 is 29.6 Å². The van der Waals surface area contributed by atoms with Crippen LogP contribution in [0.5, 0.6) is 23.0 Å². The number of methoxy groups -OCH3 is 3. The van der Waals surface area contributed by atoms with Crippen LogP contribution in [0.1, 0.15) is 37.3 Å². The van der Waals surface area contributed by atoms with Gasteiger partial charge < -0.3 is 39.2 Å². The molecule has 11 heteroatoms. The number of hydrogen-bond donors (Lipinski definition) is 2. The maximum Gasteiger partial charge on any atom is 0.258 e. The second kappa shape index (κ2) is 15.0. The zero-order valence-electron chi connectivity index (χ0n) is 26.7. The van der Waals surface area contributed by atoms with Crippen LogP contribution in [0.15, 0.2) is 78.4 Å². The number of benzene rings is 2. The highest BCUT2D eigenvalue weighted by Gasteiger charge is 2.34. The van der Waals surface area contributed by atoms with Crippen LogP contribution in [0.2, 0.25) is 0 Å². The van der Waals surface area contributed by atoms with Crippen LogP contribution in [0, 0.1) is 5.82 Å². The molecule has 2 aromatic carbocycles. The van der Waals surface area contributed by atoms with E-state index in [2.05, 4.69) is 22.2 Å². The lowest BCUT2D eigenvalue weighted by Crippen LogP contribution is -2.45. The van der Waals surface area contributed by atoms with Crippen molar-refractivity contribution in [1.82, 2.24) is 15.2 Å². The van der Waals surface area contributed by atoms with Gasteiger partial charge in [-0.15, -0.1) is 0 Å². The molecule has 244 valence electrons. The van der Waals surface area contributed by atoms with Gasteiger partial charge in [0.15, 0.2) is 11.6 Å². The van der Waals surface area contributed by atoms with Crippen molar-refractivity contribution in [2.75, 3.05) is 39.9 Å². The molecule has 2 N–H and O–H groups in total. The number of carbonyl (C=O) groups excluding carboxylic acids is 1. The van der Waals surface area contributed by atoms with E-state index in [9.17, 15) is 9.18 Å². The van der Waals surface area contributed by atoms with Gasteiger partial charge in [0, 0.05) is 66.9 Å². The Labute approximate surface area is 269 Å². The standard InChI is InChI=1S/C35H41FN4O6/c1-22-16-30(38-18-24-13-14-37-19-32(24)46-21-27-8-7-15-45-27)33(23(2)39-29-10-6-9-28(36)34(29)44-5)35(41)40(22)20-25-11-12-26(42-3)17-31(25)43-4/h6,9-14,17,19,22,27,38-39H,2,7-8,15-16,18,20-21H2,1,3-5H3/t22?,27-/m0/s1. The van der Waals surface area contributed by atoms with Gasteiger partial charge in [-0.25, -0.2) is 4.39 Å². The van der Waals surface area contributed by atoms with E-state index < -0.39 is 5.82 Å². The quantitative estimate of drug-likeness (QED) is 0.235. The molecule has 1 unspecified atom stereocenters. The summed E-state index contributed by atoms with van der Waals surface area (Å²) in [4.78, 5) is 20.4. The van der Waals surface area contributed by atoms with Crippen molar-refractivity contribution in [2.45, 2.75) is 51.4 Å². The predicted molar refractivity (Wildman–Crippen MR) is 172 cm³/mol. The second-order valence-corrected chi connectivity index (χ2v) is 11.2. The first-order valence-electron chi connectivity index (χ1n) is 15.3. The van der Waals surface area contributed by atoms with E-state index in [-0.39, 0.29) is 23.8 Å². The lowest BCUT2D eigenvalue weighted by Gasteiger charge is -2.37. The Bertz CT molecular complexity index is 1590. The highest BCUT2D eigenvalue weighted by molar-refractivity contribution is 6.00. The van der Waals surface area contributed by atoms with E-state index >= 15 is 0 Å². The van der Waals surface area contributed by atoms with E-state index in [1.807, 2.05) is 25.1 Å². The highest BCUT2D eigenvalue weighted by atomic mass is 19.1. The van der Waals surface area contributed by atoms with Gasteiger partial charge in [0.25, 0.3) is 5.91 Å². The van der Waals surface area contributed by atoms with Gasteiger partial charge in [-0.2, -0.15) is 0 Å². The van der Waals surface area contributed by atoms with Crippen molar-refractivity contribution >= 4 is 11.6 Å². The van der Waals surface area contributed by atoms with E-state index in [4.69, 9.17) is 23.7 Å². The molecule has 1 fully saturated rings.